The van der Waals surface area contributed by atoms with Gasteiger partial charge in [0.25, 0.3) is 5.91 Å². The van der Waals surface area contributed by atoms with E-state index in [4.69, 9.17) is 5.73 Å². The minimum Gasteiger partial charge on any atom is -0.366 e. The number of anilines is 1. The first-order valence-corrected chi connectivity index (χ1v) is 9.22. The van der Waals surface area contributed by atoms with Crippen LogP contribution < -0.4 is 21.7 Å². The van der Waals surface area contributed by atoms with Gasteiger partial charge in [0.2, 0.25) is 23.6 Å². The summed E-state index contributed by atoms with van der Waals surface area (Å²) in [7, 11) is 0. The van der Waals surface area contributed by atoms with Gasteiger partial charge < -0.3 is 16.4 Å². The molecular weight excluding hydrogens is 388 g/mol. The molecule has 0 aliphatic carbocycles. The Kier molecular flexibility index (Phi) is 6.21. The zero-order chi connectivity index (χ0) is 21.7. The van der Waals surface area contributed by atoms with Crippen molar-refractivity contribution in [1.29, 1.82) is 0 Å². The van der Waals surface area contributed by atoms with E-state index in [1.165, 1.54) is 12.1 Å². The highest BCUT2D eigenvalue weighted by atomic mass is 16.2. The van der Waals surface area contributed by atoms with Gasteiger partial charge in [-0.05, 0) is 42.3 Å². The Morgan fingerprint density at radius 2 is 1.77 bits per heavy atom. The van der Waals surface area contributed by atoms with Crippen LogP contribution in [0.3, 0.4) is 0 Å². The predicted octanol–water partition coefficient (Wildman–Crippen LogP) is 0.359. The topological polar surface area (TPSA) is 147 Å². The number of hydrogen-bond donors (Lipinski definition) is 4. The average molecular weight is 408 g/mol. The molecule has 1 atom stereocenters. The molecule has 3 rings (SSSR count). The molecular formula is C21H20N4O5. The largest absolute Gasteiger partial charge is 0.366 e. The highest BCUT2D eigenvalue weighted by Crippen LogP contribution is 2.17. The summed E-state index contributed by atoms with van der Waals surface area (Å²) in [4.78, 5) is 58.3. The summed E-state index contributed by atoms with van der Waals surface area (Å²) in [5, 5.41) is 7.35. The second kappa shape index (κ2) is 8.99. The van der Waals surface area contributed by atoms with Crippen LogP contribution in [-0.4, -0.2) is 36.1 Å². The van der Waals surface area contributed by atoms with Crippen molar-refractivity contribution in [2.24, 2.45) is 11.7 Å². The molecule has 1 heterocycles. The van der Waals surface area contributed by atoms with Gasteiger partial charge in [0.15, 0.2) is 0 Å². The molecule has 5 N–H and O–H groups in total. The quantitative estimate of drug-likeness (QED) is 0.488. The number of carbonyl (C=O) groups excluding carboxylic acids is 5. The molecule has 2 aromatic rings. The number of primary amides is 1. The van der Waals surface area contributed by atoms with E-state index in [-0.39, 0.29) is 30.3 Å². The van der Waals surface area contributed by atoms with E-state index in [2.05, 4.69) is 16.0 Å². The highest BCUT2D eigenvalue weighted by Gasteiger charge is 2.30. The lowest BCUT2D eigenvalue weighted by atomic mass is 9.97. The molecule has 154 valence electrons. The summed E-state index contributed by atoms with van der Waals surface area (Å²) in [6.45, 7) is -0.258. The van der Waals surface area contributed by atoms with Crippen molar-refractivity contribution in [3.8, 4) is 0 Å². The third-order valence-electron chi connectivity index (χ3n) is 4.60. The second-order valence-corrected chi connectivity index (χ2v) is 6.89. The summed E-state index contributed by atoms with van der Waals surface area (Å²) in [6, 6.07) is 12.8. The van der Waals surface area contributed by atoms with Crippen molar-refractivity contribution in [1.82, 2.24) is 10.6 Å². The number of imide groups is 1. The van der Waals surface area contributed by atoms with Crippen LogP contribution in [0.25, 0.3) is 0 Å². The zero-order valence-electron chi connectivity index (χ0n) is 15.9. The van der Waals surface area contributed by atoms with Gasteiger partial charge >= 0.3 is 0 Å². The SMILES string of the molecule is NC(=O)c1cccc(NC(=O)CNC(=O)c2ccc(CC3CC(=O)NC3=O)cc2)c1. The van der Waals surface area contributed by atoms with Gasteiger partial charge in [-0.25, -0.2) is 0 Å². The smallest absolute Gasteiger partial charge is 0.251 e. The van der Waals surface area contributed by atoms with Gasteiger partial charge in [-0.2, -0.15) is 0 Å². The third-order valence-corrected chi connectivity index (χ3v) is 4.60. The van der Waals surface area contributed by atoms with Gasteiger partial charge in [-0.15, -0.1) is 0 Å². The van der Waals surface area contributed by atoms with Crippen LogP contribution in [0.4, 0.5) is 5.69 Å². The lowest BCUT2D eigenvalue weighted by Crippen LogP contribution is -2.32. The van der Waals surface area contributed by atoms with E-state index in [9.17, 15) is 24.0 Å². The van der Waals surface area contributed by atoms with Crippen LogP contribution in [0.5, 0.6) is 0 Å². The summed E-state index contributed by atoms with van der Waals surface area (Å²) in [6.07, 6.45) is 0.574. The van der Waals surface area contributed by atoms with Crippen LogP contribution in [-0.2, 0) is 20.8 Å². The van der Waals surface area contributed by atoms with Crippen molar-refractivity contribution in [2.45, 2.75) is 12.8 Å². The molecule has 0 aromatic heterocycles. The maximum absolute atomic E-state index is 12.2. The highest BCUT2D eigenvalue weighted by molar-refractivity contribution is 6.03. The molecule has 1 saturated heterocycles. The Hall–Kier alpha value is -4.01. The van der Waals surface area contributed by atoms with Gasteiger partial charge in [0.1, 0.15) is 0 Å². The number of nitrogens with two attached hydrogens (primary N) is 1. The van der Waals surface area contributed by atoms with Crippen LogP contribution in [0, 0.1) is 5.92 Å². The molecule has 30 heavy (non-hydrogen) atoms. The van der Waals surface area contributed by atoms with Crippen LogP contribution in [0.2, 0.25) is 0 Å². The maximum atomic E-state index is 12.2. The molecule has 5 amide bonds. The Balaban J connectivity index is 1.50. The molecule has 0 bridgehead atoms. The van der Waals surface area contributed by atoms with E-state index in [0.29, 0.717) is 17.7 Å². The standard InChI is InChI=1S/C21H20N4O5/c22-19(28)14-2-1-3-16(9-14)24-18(27)11-23-20(29)13-6-4-12(5-7-13)8-15-10-17(26)25-21(15)30/h1-7,9,15H,8,10-11H2,(H2,22,28)(H,23,29)(H,24,27)(H,25,26,30). The molecule has 1 aliphatic rings. The summed E-state index contributed by atoms with van der Waals surface area (Å²) in [5.41, 5.74) is 7.04. The second-order valence-electron chi connectivity index (χ2n) is 6.89. The number of rotatable bonds is 7. The first-order chi connectivity index (χ1) is 14.3. The van der Waals surface area contributed by atoms with Crippen LogP contribution in [0.1, 0.15) is 32.7 Å². The minimum absolute atomic E-state index is 0.165. The van der Waals surface area contributed by atoms with Crippen LogP contribution >= 0.6 is 0 Å². The van der Waals surface area contributed by atoms with E-state index < -0.39 is 23.6 Å². The number of amides is 5. The molecule has 0 spiro atoms. The molecule has 9 heteroatoms. The normalized spacial score (nSPS) is 15.4. The summed E-state index contributed by atoms with van der Waals surface area (Å²) >= 11 is 0. The zero-order valence-corrected chi connectivity index (χ0v) is 15.9. The van der Waals surface area contributed by atoms with Gasteiger partial charge in [0, 0.05) is 23.2 Å². The van der Waals surface area contributed by atoms with E-state index >= 15 is 0 Å². The van der Waals surface area contributed by atoms with Gasteiger partial charge in [0.05, 0.1) is 12.5 Å². The van der Waals surface area contributed by atoms with Gasteiger partial charge in [-0.1, -0.05) is 18.2 Å². The maximum Gasteiger partial charge on any atom is 0.251 e. The molecule has 1 aliphatic heterocycles. The van der Waals surface area contributed by atoms with E-state index in [1.807, 2.05) is 0 Å². The van der Waals surface area contributed by atoms with E-state index in [0.717, 1.165) is 5.56 Å². The Morgan fingerprint density at radius 3 is 2.40 bits per heavy atom. The van der Waals surface area contributed by atoms with Gasteiger partial charge in [-0.3, -0.25) is 29.3 Å². The lowest BCUT2D eigenvalue weighted by molar-refractivity contribution is -0.125. The summed E-state index contributed by atoms with van der Waals surface area (Å²) in [5.74, 6) is -2.46. The Labute approximate surface area is 172 Å². The minimum atomic E-state index is -0.608. The number of benzene rings is 2. The fraction of sp³-hybridized carbons (Fsp3) is 0.190. The predicted molar refractivity (Wildman–Crippen MR) is 107 cm³/mol. The van der Waals surface area contributed by atoms with E-state index in [1.54, 1.807) is 36.4 Å². The Morgan fingerprint density at radius 1 is 1.03 bits per heavy atom. The Bertz CT molecular complexity index is 1020. The molecule has 1 unspecified atom stereocenters. The molecule has 1 fully saturated rings. The van der Waals surface area contributed by atoms with Crippen molar-refractivity contribution < 1.29 is 24.0 Å². The lowest BCUT2D eigenvalue weighted by Gasteiger charge is -2.09. The van der Waals surface area contributed by atoms with Crippen molar-refractivity contribution in [3.05, 3.63) is 65.2 Å². The first-order valence-electron chi connectivity index (χ1n) is 9.22. The van der Waals surface area contributed by atoms with Crippen molar-refractivity contribution in [3.63, 3.8) is 0 Å². The van der Waals surface area contributed by atoms with Crippen molar-refractivity contribution in [2.75, 3.05) is 11.9 Å². The molecule has 9 nitrogen and oxygen atoms in total. The van der Waals surface area contributed by atoms with Crippen LogP contribution in [0.15, 0.2) is 48.5 Å². The van der Waals surface area contributed by atoms with Crippen molar-refractivity contribution >= 4 is 35.2 Å². The molecule has 2 aromatic carbocycles. The number of nitrogens with one attached hydrogen (secondary N) is 3. The fourth-order valence-corrected chi connectivity index (χ4v) is 3.07. The first kappa shape index (κ1) is 20.7. The molecule has 0 saturated carbocycles. The fourth-order valence-electron chi connectivity index (χ4n) is 3.07. The average Bonchev–Trinajstić information content (AvgIpc) is 3.03. The third kappa shape index (κ3) is 5.28. The number of carbonyl (C=O) groups is 5. The molecule has 0 radical (unpaired) electrons. The monoisotopic (exact) mass is 408 g/mol. The summed E-state index contributed by atoms with van der Waals surface area (Å²) < 4.78 is 0. The number of hydrogen-bond acceptors (Lipinski definition) is 5.